The first-order valence-electron chi connectivity index (χ1n) is 7.41. The molecule has 0 spiro atoms. The van der Waals surface area contributed by atoms with Gasteiger partial charge in [-0.1, -0.05) is 5.16 Å². The van der Waals surface area contributed by atoms with E-state index in [1.165, 1.54) is 0 Å². The van der Waals surface area contributed by atoms with Crippen LogP contribution in [0.5, 0.6) is 5.88 Å². The Bertz CT molecular complexity index is 787. The monoisotopic (exact) mass is 346 g/mol. The van der Waals surface area contributed by atoms with Gasteiger partial charge in [0.05, 0.1) is 24.9 Å². The largest absolute Gasteiger partial charge is 0.464 e. The Balaban J connectivity index is 1.43. The van der Waals surface area contributed by atoms with E-state index in [4.69, 9.17) is 14.0 Å². The maximum atomic E-state index is 5.71. The first kappa shape index (κ1) is 15.0. The Morgan fingerprint density at radius 1 is 1.17 bits per heavy atom. The SMILES string of the molecule is c1cc(-c2noc(COc3nsnc3N3CCOCC3)n2)ccn1. The van der Waals surface area contributed by atoms with Gasteiger partial charge < -0.3 is 18.9 Å². The molecule has 9 nitrogen and oxygen atoms in total. The van der Waals surface area contributed by atoms with Crippen molar-refractivity contribution in [2.24, 2.45) is 0 Å². The molecular weight excluding hydrogens is 332 g/mol. The summed E-state index contributed by atoms with van der Waals surface area (Å²) in [6.45, 7) is 3.04. The Morgan fingerprint density at radius 3 is 2.83 bits per heavy atom. The van der Waals surface area contributed by atoms with Crippen LogP contribution in [0.3, 0.4) is 0 Å². The molecule has 0 aliphatic carbocycles. The highest BCUT2D eigenvalue weighted by Gasteiger charge is 2.20. The Hall–Kier alpha value is -2.59. The third-order valence-corrected chi connectivity index (χ3v) is 3.99. The predicted molar refractivity (Wildman–Crippen MR) is 84.8 cm³/mol. The van der Waals surface area contributed by atoms with Gasteiger partial charge in [-0.3, -0.25) is 4.98 Å². The minimum atomic E-state index is 0.140. The molecule has 3 aromatic rings. The molecule has 1 fully saturated rings. The van der Waals surface area contributed by atoms with Gasteiger partial charge in [-0.2, -0.15) is 9.36 Å². The van der Waals surface area contributed by atoms with Crippen molar-refractivity contribution >= 4 is 17.5 Å². The molecule has 4 rings (SSSR count). The van der Waals surface area contributed by atoms with Gasteiger partial charge in [0.15, 0.2) is 6.61 Å². The lowest BCUT2D eigenvalue weighted by Gasteiger charge is -2.26. The van der Waals surface area contributed by atoms with Gasteiger partial charge in [0, 0.05) is 31.0 Å². The van der Waals surface area contributed by atoms with Gasteiger partial charge in [0.2, 0.25) is 11.6 Å². The third-order valence-electron chi connectivity index (χ3n) is 3.49. The van der Waals surface area contributed by atoms with Crippen LogP contribution in [-0.2, 0) is 11.3 Å². The predicted octanol–water partition coefficient (Wildman–Crippen LogP) is 1.40. The second kappa shape index (κ2) is 6.89. The Kier molecular flexibility index (Phi) is 4.30. The zero-order valence-electron chi connectivity index (χ0n) is 12.7. The maximum absolute atomic E-state index is 5.71. The molecule has 0 saturated carbocycles. The number of aromatic nitrogens is 5. The lowest BCUT2D eigenvalue weighted by molar-refractivity contribution is 0.122. The fourth-order valence-electron chi connectivity index (χ4n) is 2.30. The molecule has 0 radical (unpaired) electrons. The molecule has 0 aromatic carbocycles. The lowest BCUT2D eigenvalue weighted by atomic mass is 10.2. The van der Waals surface area contributed by atoms with Crippen molar-refractivity contribution < 1.29 is 14.0 Å². The molecule has 0 atom stereocenters. The summed E-state index contributed by atoms with van der Waals surface area (Å²) in [5.41, 5.74) is 0.837. The van der Waals surface area contributed by atoms with Crippen molar-refractivity contribution in [1.29, 1.82) is 0 Å². The van der Waals surface area contributed by atoms with Crippen LogP contribution in [0, 0.1) is 0 Å². The van der Waals surface area contributed by atoms with Gasteiger partial charge in [0.25, 0.3) is 11.8 Å². The van der Waals surface area contributed by atoms with E-state index < -0.39 is 0 Å². The average Bonchev–Trinajstić information content (AvgIpc) is 3.31. The minimum absolute atomic E-state index is 0.140. The number of nitrogens with zero attached hydrogens (tertiary/aromatic N) is 6. The normalized spacial score (nSPS) is 14.8. The molecule has 1 aliphatic heterocycles. The first-order valence-corrected chi connectivity index (χ1v) is 8.14. The summed E-state index contributed by atoms with van der Waals surface area (Å²) < 4.78 is 24.8. The van der Waals surface area contributed by atoms with Crippen LogP contribution in [0.15, 0.2) is 29.0 Å². The molecule has 4 heterocycles. The van der Waals surface area contributed by atoms with E-state index in [0.717, 1.165) is 36.2 Å². The molecule has 10 heteroatoms. The summed E-state index contributed by atoms with van der Waals surface area (Å²) in [4.78, 5) is 10.4. The van der Waals surface area contributed by atoms with Gasteiger partial charge in [-0.25, -0.2) is 0 Å². The van der Waals surface area contributed by atoms with Crippen molar-refractivity contribution in [3.05, 3.63) is 30.4 Å². The quantitative estimate of drug-likeness (QED) is 0.678. The number of ether oxygens (including phenoxy) is 2. The lowest BCUT2D eigenvalue weighted by Crippen LogP contribution is -2.36. The number of hydrogen-bond acceptors (Lipinski definition) is 10. The van der Waals surface area contributed by atoms with Crippen molar-refractivity contribution in [1.82, 2.24) is 23.9 Å². The van der Waals surface area contributed by atoms with Crippen LogP contribution in [-0.4, -0.2) is 50.2 Å². The van der Waals surface area contributed by atoms with Gasteiger partial charge in [-0.05, 0) is 12.1 Å². The van der Waals surface area contributed by atoms with Crippen molar-refractivity contribution in [3.8, 4) is 17.3 Å². The summed E-state index contributed by atoms with van der Waals surface area (Å²) in [6.07, 6.45) is 3.36. The van der Waals surface area contributed by atoms with E-state index in [2.05, 4.69) is 28.8 Å². The zero-order valence-corrected chi connectivity index (χ0v) is 13.5. The number of hydrogen-bond donors (Lipinski definition) is 0. The molecule has 124 valence electrons. The summed E-state index contributed by atoms with van der Waals surface area (Å²) in [6, 6.07) is 3.63. The van der Waals surface area contributed by atoms with Crippen molar-refractivity contribution in [2.45, 2.75) is 6.61 Å². The smallest absolute Gasteiger partial charge is 0.271 e. The van der Waals surface area contributed by atoms with E-state index in [1.54, 1.807) is 12.4 Å². The fourth-order valence-corrected chi connectivity index (χ4v) is 2.82. The second-order valence-electron chi connectivity index (χ2n) is 5.03. The first-order chi connectivity index (χ1) is 11.9. The van der Waals surface area contributed by atoms with E-state index >= 15 is 0 Å². The number of rotatable bonds is 5. The number of pyridine rings is 1. The number of morpholine rings is 1. The highest BCUT2D eigenvalue weighted by molar-refractivity contribution is 6.99. The summed E-state index contributed by atoms with van der Waals surface area (Å²) in [5.74, 6) is 2.09. The second-order valence-corrected chi connectivity index (χ2v) is 5.56. The third kappa shape index (κ3) is 3.19. The Morgan fingerprint density at radius 2 is 2.00 bits per heavy atom. The van der Waals surface area contributed by atoms with Crippen LogP contribution in [0.1, 0.15) is 5.89 Å². The van der Waals surface area contributed by atoms with Gasteiger partial charge >= 0.3 is 0 Å². The molecule has 0 unspecified atom stereocenters. The topological polar surface area (TPSA) is 99.3 Å². The van der Waals surface area contributed by atoms with Gasteiger partial charge in [-0.15, -0.1) is 4.37 Å². The van der Waals surface area contributed by atoms with Crippen molar-refractivity contribution in [3.63, 3.8) is 0 Å². The Labute approximate surface area is 141 Å². The van der Waals surface area contributed by atoms with E-state index in [9.17, 15) is 0 Å². The van der Waals surface area contributed by atoms with Crippen LogP contribution < -0.4 is 9.64 Å². The maximum Gasteiger partial charge on any atom is 0.271 e. The molecule has 24 heavy (non-hydrogen) atoms. The van der Waals surface area contributed by atoms with Crippen LogP contribution >= 0.6 is 11.7 Å². The van der Waals surface area contributed by atoms with Crippen LogP contribution in [0.25, 0.3) is 11.4 Å². The standard InChI is InChI=1S/C14H14N6O3S/c1-3-15-4-2-10(1)12-16-11(23-17-12)9-22-14-13(18-24-19-14)20-5-7-21-8-6-20/h1-4H,5-9H2. The number of anilines is 1. The van der Waals surface area contributed by atoms with E-state index in [1.807, 2.05) is 12.1 Å². The van der Waals surface area contributed by atoms with E-state index in [-0.39, 0.29) is 6.61 Å². The zero-order chi connectivity index (χ0) is 16.2. The molecule has 1 saturated heterocycles. The molecule has 0 bridgehead atoms. The molecular formula is C14H14N6O3S. The fraction of sp³-hybridized carbons (Fsp3) is 0.357. The molecule has 1 aliphatic rings. The average molecular weight is 346 g/mol. The summed E-state index contributed by atoms with van der Waals surface area (Å²) >= 11 is 1.12. The van der Waals surface area contributed by atoms with Crippen LogP contribution in [0.4, 0.5) is 5.82 Å². The summed E-state index contributed by atoms with van der Waals surface area (Å²) in [7, 11) is 0. The van der Waals surface area contributed by atoms with Crippen LogP contribution in [0.2, 0.25) is 0 Å². The highest BCUT2D eigenvalue weighted by atomic mass is 32.1. The molecule has 3 aromatic heterocycles. The summed E-state index contributed by atoms with van der Waals surface area (Å²) in [5, 5.41) is 3.94. The van der Waals surface area contributed by atoms with Crippen molar-refractivity contribution in [2.75, 3.05) is 31.2 Å². The van der Waals surface area contributed by atoms with Gasteiger partial charge in [0.1, 0.15) is 0 Å². The van der Waals surface area contributed by atoms with E-state index in [0.29, 0.717) is 30.8 Å². The highest BCUT2D eigenvalue weighted by Crippen LogP contribution is 2.27. The minimum Gasteiger partial charge on any atom is -0.464 e. The molecule has 0 amide bonds. The molecule has 0 N–H and O–H groups in total.